The van der Waals surface area contributed by atoms with Crippen molar-refractivity contribution in [3.63, 3.8) is 0 Å². The van der Waals surface area contributed by atoms with Crippen molar-refractivity contribution >= 4 is 34.5 Å². The van der Waals surface area contributed by atoms with E-state index >= 15 is 0 Å². The first-order valence-electron chi connectivity index (χ1n) is 7.62. The Hall–Kier alpha value is -2.11. The van der Waals surface area contributed by atoms with Gasteiger partial charge in [-0.15, -0.1) is 0 Å². The number of rotatable bonds is 0. The number of hydrogen-bond acceptors (Lipinski definition) is 4. The SMILES string of the molecule is Fc1cccc2c1Nc1ccc(Cl)cc1N=C2N1CCNCC1. The number of fused-ring (bicyclic) bond motifs is 2. The highest BCUT2D eigenvalue weighted by Crippen LogP contribution is 2.37. The van der Waals surface area contributed by atoms with Crippen molar-refractivity contribution in [2.75, 3.05) is 31.5 Å². The molecule has 2 aliphatic heterocycles. The maximum Gasteiger partial charge on any atom is 0.147 e. The fourth-order valence-corrected chi connectivity index (χ4v) is 3.13. The Morgan fingerprint density at radius 1 is 1.13 bits per heavy atom. The summed E-state index contributed by atoms with van der Waals surface area (Å²) in [5.74, 6) is 0.502. The summed E-state index contributed by atoms with van der Waals surface area (Å²) in [6.07, 6.45) is 0. The smallest absolute Gasteiger partial charge is 0.147 e. The van der Waals surface area contributed by atoms with Crippen molar-refractivity contribution in [3.05, 3.63) is 52.8 Å². The topological polar surface area (TPSA) is 39.7 Å². The number of amidine groups is 1. The number of aliphatic imine (C=N–C) groups is 1. The summed E-state index contributed by atoms with van der Waals surface area (Å²) < 4.78 is 14.4. The van der Waals surface area contributed by atoms with E-state index in [2.05, 4.69) is 15.5 Å². The number of halogens is 2. The van der Waals surface area contributed by atoms with Gasteiger partial charge in [-0.2, -0.15) is 0 Å². The molecule has 4 nitrogen and oxygen atoms in total. The summed E-state index contributed by atoms with van der Waals surface area (Å²) in [5.41, 5.74) is 2.72. The van der Waals surface area contributed by atoms with Gasteiger partial charge in [0.1, 0.15) is 11.7 Å². The normalized spacial score (nSPS) is 16.8. The van der Waals surface area contributed by atoms with Crippen molar-refractivity contribution in [3.8, 4) is 0 Å². The lowest BCUT2D eigenvalue weighted by atomic mass is 10.1. The van der Waals surface area contributed by atoms with Gasteiger partial charge < -0.3 is 15.5 Å². The van der Waals surface area contributed by atoms with Crippen LogP contribution in [0.25, 0.3) is 0 Å². The molecule has 2 N–H and O–H groups in total. The first-order chi connectivity index (χ1) is 11.2. The van der Waals surface area contributed by atoms with E-state index in [1.165, 1.54) is 6.07 Å². The highest BCUT2D eigenvalue weighted by molar-refractivity contribution is 6.31. The van der Waals surface area contributed by atoms with Gasteiger partial charge in [0.2, 0.25) is 0 Å². The summed E-state index contributed by atoms with van der Waals surface area (Å²) in [6.45, 7) is 3.45. The molecule has 1 saturated heterocycles. The monoisotopic (exact) mass is 330 g/mol. The largest absolute Gasteiger partial charge is 0.353 e. The van der Waals surface area contributed by atoms with Gasteiger partial charge in [0.25, 0.3) is 0 Å². The van der Waals surface area contributed by atoms with Crippen LogP contribution in [0.2, 0.25) is 5.02 Å². The maximum atomic E-state index is 14.4. The molecule has 2 heterocycles. The van der Waals surface area contributed by atoms with E-state index in [0.717, 1.165) is 49.0 Å². The lowest BCUT2D eigenvalue weighted by Crippen LogP contribution is -2.46. The van der Waals surface area contributed by atoms with Gasteiger partial charge in [0.15, 0.2) is 0 Å². The van der Waals surface area contributed by atoms with E-state index in [9.17, 15) is 4.39 Å². The Morgan fingerprint density at radius 3 is 2.78 bits per heavy atom. The maximum absolute atomic E-state index is 14.4. The van der Waals surface area contributed by atoms with E-state index in [1.807, 2.05) is 12.1 Å². The van der Waals surface area contributed by atoms with Gasteiger partial charge in [-0.25, -0.2) is 9.38 Å². The third-order valence-electron chi connectivity index (χ3n) is 4.12. The van der Waals surface area contributed by atoms with Crippen LogP contribution in [0.15, 0.2) is 41.4 Å². The Kier molecular flexibility index (Phi) is 3.67. The molecule has 2 aromatic rings. The van der Waals surface area contributed by atoms with Gasteiger partial charge in [-0.05, 0) is 30.3 Å². The molecular weight excluding hydrogens is 315 g/mol. The van der Waals surface area contributed by atoms with E-state index in [1.54, 1.807) is 18.2 Å². The number of nitrogens with one attached hydrogen (secondary N) is 2. The predicted octanol–water partition coefficient (Wildman–Crippen LogP) is 3.52. The number of anilines is 2. The van der Waals surface area contributed by atoms with Crippen molar-refractivity contribution in [1.82, 2.24) is 10.2 Å². The molecule has 0 atom stereocenters. The summed E-state index contributed by atoms with van der Waals surface area (Å²) in [6, 6.07) is 10.5. The van der Waals surface area contributed by atoms with Crippen LogP contribution in [0.1, 0.15) is 5.56 Å². The molecule has 2 aromatic carbocycles. The molecule has 1 fully saturated rings. The Morgan fingerprint density at radius 2 is 1.96 bits per heavy atom. The van der Waals surface area contributed by atoms with Crippen molar-refractivity contribution in [2.45, 2.75) is 0 Å². The van der Waals surface area contributed by atoms with Gasteiger partial charge in [-0.3, -0.25) is 0 Å². The van der Waals surface area contributed by atoms with Crippen molar-refractivity contribution < 1.29 is 4.39 Å². The number of piperazine rings is 1. The molecule has 0 unspecified atom stereocenters. The van der Waals surface area contributed by atoms with Gasteiger partial charge in [0.05, 0.1) is 17.1 Å². The standard InChI is InChI=1S/C17H16ClFN4/c18-11-4-5-14-15(10-11)22-17(23-8-6-20-7-9-23)12-2-1-3-13(19)16(12)21-14/h1-5,10,20-21H,6-9H2. The third-order valence-corrected chi connectivity index (χ3v) is 4.35. The average Bonchev–Trinajstić information content (AvgIpc) is 2.73. The summed E-state index contributed by atoms with van der Waals surface area (Å²) in [7, 11) is 0. The highest BCUT2D eigenvalue weighted by Gasteiger charge is 2.24. The molecule has 0 amide bonds. The molecule has 2 aliphatic rings. The molecule has 6 heteroatoms. The molecule has 23 heavy (non-hydrogen) atoms. The highest BCUT2D eigenvalue weighted by atomic mass is 35.5. The lowest BCUT2D eigenvalue weighted by Gasteiger charge is -2.30. The van der Waals surface area contributed by atoms with Crippen LogP contribution < -0.4 is 10.6 Å². The minimum Gasteiger partial charge on any atom is -0.353 e. The molecule has 0 aromatic heterocycles. The molecule has 0 radical (unpaired) electrons. The quantitative estimate of drug-likeness (QED) is 0.776. The first kappa shape index (κ1) is 14.5. The number of para-hydroxylation sites is 1. The van der Waals surface area contributed by atoms with Crippen molar-refractivity contribution in [2.24, 2.45) is 4.99 Å². The van der Waals surface area contributed by atoms with Crippen LogP contribution in [-0.2, 0) is 0 Å². The number of benzene rings is 2. The second kappa shape index (κ2) is 5.83. The Balaban J connectivity index is 1.91. The summed E-state index contributed by atoms with van der Waals surface area (Å²) >= 11 is 6.11. The van der Waals surface area contributed by atoms with E-state index in [4.69, 9.17) is 16.6 Å². The van der Waals surface area contributed by atoms with Crippen molar-refractivity contribution in [1.29, 1.82) is 0 Å². The molecule has 0 saturated carbocycles. The minimum absolute atomic E-state index is 0.284. The number of hydrogen-bond donors (Lipinski definition) is 2. The second-order valence-corrected chi connectivity index (χ2v) is 6.06. The van der Waals surface area contributed by atoms with Crippen LogP contribution in [0, 0.1) is 5.82 Å². The van der Waals surface area contributed by atoms with Gasteiger partial charge in [0, 0.05) is 36.8 Å². The van der Waals surface area contributed by atoms with Crippen LogP contribution in [0.5, 0.6) is 0 Å². The average molecular weight is 331 g/mol. The summed E-state index contributed by atoms with van der Waals surface area (Å²) in [5, 5.41) is 7.11. The van der Waals surface area contributed by atoms with E-state index in [-0.39, 0.29) is 5.82 Å². The Bertz CT molecular complexity index is 784. The molecule has 118 valence electrons. The molecule has 0 aliphatic carbocycles. The summed E-state index contributed by atoms with van der Waals surface area (Å²) in [4.78, 5) is 6.99. The van der Waals surface area contributed by atoms with Crippen LogP contribution in [0.3, 0.4) is 0 Å². The second-order valence-electron chi connectivity index (χ2n) is 5.62. The minimum atomic E-state index is -0.284. The van der Waals surface area contributed by atoms with Crippen LogP contribution >= 0.6 is 11.6 Å². The van der Waals surface area contributed by atoms with Crippen LogP contribution in [0.4, 0.5) is 21.5 Å². The van der Waals surface area contributed by atoms with Gasteiger partial charge >= 0.3 is 0 Å². The molecule has 4 rings (SSSR count). The fraction of sp³-hybridized carbons (Fsp3) is 0.235. The first-order valence-corrected chi connectivity index (χ1v) is 8.00. The van der Waals surface area contributed by atoms with Crippen LogP contribution in [-0.4, -0.2) is 36.9 Å². The zero-order chi connectivity index (χ0) is 15.8. The van der Waals surface area contributed by atoms with Gasteiger partial charge in [-0.1, -0.05) is 17.7 Å². The zero-order valence-electron chi connectivity index (χ0n) is 12.4. The number of nitrogens with zero attached hydrogens (tertiary/aromatic N) is 2. The fourth-order valence-electron chi connectivity index (χ4n) is 2.97. The zero-order valence-corrected chi connectivity index (χ0v) is 13.2. The molecule has 0 bridgehead atoms. The van der Waals surface area contributed by atoms with E-state index in [0.29, 0.717) is 10.7 Å². The lowest BCUT2D eigenvalue weighted by molar-refractivity contribution is 0.358. The Labute approximate surface area is 139 Å². The predicted molar refractivity (Wildman–Crippen MR) is 91.8 cm³/mol. The molecular formula is C17H16ClFN4. The molecule has 0 spiro atoms. The van der Waals surface area contributed by atoms with E-state index < -0.39 is 0 Å². The third kappa shape index (κ3) is 2.66.